The zero-order valence-electron chi connectivity index (χ0n) is 40.1. The highest BCUT2D eigenvalue weighted by Gasteiger charge is 2.31. The number of carbonyl (C=O) groups is 4. The Labute approximate surface area is 396 Å². The van der Waals surface area contributed by atoms with Gasteiger partial charge in [-0.05, 0) is 102 Å². The number of rotatable bonds is 29. The van der Waals surface area contributed by atoms with Crippen molar-refractivity contribution in [2.75, 3.05) is 26.3 Å². The van der Waals surface area contributed by atoms with Gasteiger partial charge in [-0.2, -0.15) is 0 Å². The van der Waals surface area contributed by atoms with Gasteiger partial charge in [-0.3, -0.25) is 35.6 Å². The number of nitrogens with one attached hydrogen (secondary N) is 3. The Hall–Kier alpha value is -6.27. The maximum atomic E-state index is 14.3. The van der Waals surface area contributed by atoms with E-state index in [1.807, 2.05) is 80.6 Å². The highest BCUT2D eigenvalue weighted by Crippen LogP contribution is 2.45. The number of fused-ring (bicyclic) bond motifs is 2. The summed E-state index contributed by atoms with van der Waals surface area (Å²) in [6.45, 7) is 10.3. The maximum absolute atomic E-state index is 14.3. The lowest BCUT2D eigenvalue weighted by Crippen LogP contribution is -2.78. The largest absolute Gasteiger partial charge is 0.493 e. The van der Waals surface area contributed by atoms with Crippen LogP contribution in [0.2, 0.25) is 0 Å². The molecule has 67 heavy (non-hydrogen) atoms. The van der Waals surface area contributed by atoms with Gasteiger partial charge >= 0.3 is 5.96 Å². The third kappa shape index (κ3) is 16.2. The summed E-state index contributed by atoms with van der Waals surface area (Å²) >= 11 is 0. The summed E-state index contributed by atoms with van der Waals surface area (Å²) < 4.78 is 13.1. The van der Waals surface area contributed by atoms with Gasteiger partial charge < -0.3 is 25.8 Å². The molecule has 0 heterocycles. The van der Waals surface area contributed by atoms with Gasteiger partial charge in [-0.25, -0.2) is 0 Å². The molecular weight excluding hydrogens is 841 g/mol. The van der Waals surface area contributed by atoms with Crippen LogP contribution in [0, 0.1) is 17.8 Å². The van der Waals surface area contributed by atoms with Crippen molar-refractivity contribution in [3.8, 4) is 22.6 Å². The van der Waals surface area contributed by atoms with Crippen LogP contribution in [0.1, 0.15) is 97.5 Å². The predicted octanol–water partition coefficient (Wildman–Crippen LogP) is 6.19. The minimum Gasteiger partial charge on any atom is -0.493 e. The van der Waals surface area contributed by atoms with Crippen LogP contribution < -0.4 is 42.3 Å². The van der Waals surface area contributed by atoms with E-state index >= 15 is 0 Å². The molecule has 10 N–H and O–H groups in total. The van der Waals surface area contributed by atoms with Crippen molar-refractivity contribution in [1.29, 1.82) is 0 Å². The molecule has 3 atom stereocenters. The first kappa shape index (κ1) is 51.7. The first-order valence-corrected chi connectivity index (χ1v) is 24.2. The standard InChI is InChI=1S/C55H72N6O6/c1-37(2)29-33-67-50-28-26-41-19-9-11-22-44(41)53(50)52-43-21-10-8-18-40(43)25-27-49(52)66-32-15-24-47(62)45(23-12-13-30-56)61-54(65)42(20-14-31-59-55(57)58)36-48(63)46(34-38(3)4)60-51(64)35-39-16-6-5-7-17-39/h5-11,16-19,21-22,25-28,37-38,42,45-46H,12-15,20,23-24,29-36,56H2,1-4H3,(H,60,64)(H,61,65)(H4,57,58,59)/p+2/t42-,45+,46+/m0/s1. The van der Waals surface area contributed by atoms with E-state index in [9.17, 15) is 19.2 Å². The second-order valence-corrected chi connectivity index (χ2v) is 18.5. The number of amides is 2. The lowest BCUT2D eigenvalue weighted by atomic mass is 9.89. The summed E-state index contributed by atoms with van der Waals surface area (Å²) in [5.74, 6) is 0.450. The second-order valence-electron chi connectivity index (χ2n) is 18.5. The van der Waals surface area contributed by atoms with E-state index in [0.717, 1.165) is 56.8 Å². The Kier molecular flexibility index (Phi) is 20.7. The molecule has 2 amide bonds. The van der Waals surface area contributed by atoms with E-state index < -0.39 is 18.0 Å². The van der Waals surface area contributed by atoms with Crippen LogP contribution in [0.3, 0.4) is 0 Å². The number of unbranched alkanes of at least 4 members (excludes halogenated alkanes) is 1. The third-order valence-electron chi connectivity index (χ3n) is 12.0. The highest BCUT2D eigenvalue weighted by atomic mass is 16.5. The van der Waals surface area contributed by atoms with Crippen LogP contribution in [0.15, 0.2) is 103 Å². The van der Waals surface area contributed by atoms with Crippen LogP contribution in [0.5, 0.6) is 11.5 Å². The number of Topliss-reactive ketones (excluding diaryl/α,β-unsaturated/α-hetero) is 2. The molecule has 0 fully saturated rings. The molecule has 12 nitrogen and oxygen atoms in total. The Balaban J connectivity index is 1.32. The lowest BCUT2D eigenvalue weighted by molar-refractivity contribution is -0.459. The van der Waals surface area contributed by atoms with Crippen LogP contribution in [0.4, 0.5) is 0 Å². The van der Waals surface area contributed by atoms with Gasteiger partial charge in [0, 0.05) is 29.9 Å². The second kappa shape index (κ2) is 26.8. The van der Waals surface area contributed by atoms with Crippen molar-refractivity contribution in [2.24, 2.45) is 29.2 Å². The van der Waals surface area contributed by atoms with Crippen LogP contribution in [-0.4, -0.2) is 67.7 Å². The monoisotopic (exact) mass is 915 g/mol. The average molecular weight is 915 g/mol. The first-order chi connectivity index (χ1) is 32.3. The molecule has 0 aliphatic carbocycles. The van der Waals surface area contributed by atoms with Gasteiger partial charge in [0.25, 0.3) is 0 Å². The molecule has 12 heteroatoms. The van der Waals surface area contributed by atoms with E-state index in [1.165, 1.54) is 0 Å². The summed E-state index contributed by atoms with van der Waals surface area (Å²) in [6, 6.07) is 32.6. The molecule has 0 bridgehead atoms. The van der Waals surface area contributed by atoms with Crippen molar-refractivity contribution in [2.45, 2.75) is 110 Å². The topological polar surface area (TPSA) is 204 Å². The van der Waals surface area contributed by atoms with Gasteiger partial charge in [0.15, 0.2) is 11.6 Å². The first-order valence-electron chi connectivity index (χ1n) is 24.2. The minimum absolute atomic E-state index is 0.0662. The molecule has 5 aromatic rings. The molecule has 5 rings (SSSR count). The van der Waals surface area contributed by atoms with Gasteiger partial charge in [0.2, 0.25) is 11.8 Å². The van der Waals surface area contributed by atoms with Gasteiger partial charge in [0.1, 0.15) is 11.5 Å². The zero-order valence-corrected chi connectivity index (χ0v) is 40.1. The zero-order chi connectivity index (χ0) is 48.1. The summed E-state index contributed by atoms with van der Waals surface area (Å²) in [5, 5.41) is 10.3. The van der Waals surface area contributed by atoms with E-state index in [4.69, 9.17) is 20.9 Å². The molecule has 0 spiro atoms. The number of guanidine groups is 1. The molecule has 358 valence electrons. The lowest BCUT2D eigenvalue weighted by Gasteiger charge is -2.25. The van der Waals surface area contributed by atoms with Crippen LogP contribution >= 0.6 is 0 Å². The molecule has 0 aliphatic rings. The molecule has 0 aromatic heterocycles. The Morgan fingerprint density at radius 3 is 1.84 bits per heavy atom. The van der Waals surface area contributed by atoms with Crippen molar-refractivity contribution in [3.05, 3.63) is 109 Å². The van der Waals surface area contributed by atoms with Crippen molar-refractivity contribution >= 4 is 50.9 Å². The van der Waals surface area contributed by atoms with E-state index in [-0.39, 0.29) is 61.1 Å². The van der Waals surface area contributed by atoms with Crippen LogP contribution in [0.25, 0.3) is 32.7 Å². The quantitative estimate of drug-likeness (QED) is 0.0185. The Bertz CT molecular complexity index is 2410. The normalized spacial score (nSPS) is 12.7. The molecular formula is C55H74N6O6+2. The van der Waals surface area contributed by atoms with E-state index in [1.54, 1.807) is 0 Å². The number of ketones is 2. The average Bonchev–Trinajstić information content (AvgIpc) is 3.30. The molecule has 0 saturated carbocycles. The number of carbonyl (C=O) groups excluding carboxylic acids is 4. The van der Waals surface area contributed by atoms with Gasteiger partial charge in [-0.15, -0.1) is 0 Å². The Morgan fingerprint density at radius 1 is 0.627 bits per heavy atom. The number of benzene rings is 5. The van der Waals surface area contributed by atoms with E-state index in [2.05, 4.69) is 71.6 Å². The summed E-state index contributed by atoms with van der Waals surface area (Å²) in [5.41, 5.74) is 18.0. The molecule has 0 unspecified atom stereocenters. The number of hydrogen-bond acceptors (Lipinski definition) is 6. The predicted molar refractivity (Wildman–Crippen MR) is 268 cm³/mol. The fourth-order valence-electron chi connectivity index (χ4n) is 8.46. The summed E-state index contributed by atoms with van der Waals surface area (Å²) in [4.78, 5) is 58.4. The Morgan fingerprint density at radius 2 is 1.24 bits per heavy atom. The number of nitrogens with two attached hydrogens (primary N) is 2. The minimum atomic E-state index is -0.764. The molecule has 0 saturated heterocycles. The summed E-state index contributed by atoms with van der Waals surface area (Å²) in [6.07, 6.45) is 4.78. The number of quaternary nitrogens is 1. The van der Waals surface area contributed by atoms with Gasteiger partial charge in [0.05, 0.1) is 44.8 Å². The maximum Gasteiger partial charge on any atom is 0.338 e. The van der Waals surface area contributed by atoms with E-state index in [0.29, 0.717) is 69.9 Å². The highest BCUT2D eigenvalue weighted by molar-refractivity contribution is 6.09. The molecule has 5 aromatic carbocycles. The van der Waals surface area contributed by atoms with Crippen molar-refractivity contribution in [1.82, 2.24) is 10.6 Å². The van der Waals surface area contributed by atoms with Crippen molar-refractivity contribution in [3.63, 3.8) is 0 Å². The smallest absolute Gasteiger partial charge is 0.338 e. The number of hydrogen-bond donors (Lipinski definition) is 6. The third-order valence-corrected chi connectivity index (χ3v) is 12.0. The molecule has 0 aliphatic heterocycles. The van der Waals surface area contributed by atoms with Crippen LogP contribution in [-0.2, 0) is 25.6 Å². The van der Waals surface area contributed by atoms with Crippen molar-refractivity contribution < 1.29 is 39.4 Å². The fourth-order valence-corrected chi connectivity index (χ4v) is 8.46. The fraction of sp³-hybridized carbons (Fsp3) is 0.436. The number of ether oxygens (including phenoxy) is 2. The summed E-state index contributed by atoms with van der Waals surface area (Å²) in [7, 11) is 0. The molecule has 0 radical (unpaired) electrons. The SMILES string of the molecule is CC(C)CCOc1ccc2ccccc2c1-c1c(OCCCC(=O)[C@@H](CCCC[NH3+])NC(=O)[C@@H](CCC[NH+]=C(N)N)CC(=O)[C@@H](CC(C)C)NC(=O)Cc2ccccc2)ccc2ccccc12. The van der Waals surface area contributed by atoms with Gasteiger partial charge in [-0.1, -0.05) is 119 Å².